The summed E-state index contributed by atoms with van der Waals surface area (Å²) < 4.78 is 0. The van der Waals surface area contributed by atoms with Gasteiger partial charge in [0.2, 0.25) is 0 Å². The van der Waals surface area contributed by atoms with Crippen molar-refractivity contribution in [1.82, 2.24) is 5.32 Å². The van der Waals surface area contributed by atoms with E-state index in [9.17, 15) is 0 Å². The number of nitrogens with zero attached hydrogens (tertiary/aromatic N) is 1. The number of nitriles is 1. The van der Waals surface area contributed by atoms with E-state index in [4.69, 9.17) is 5.26 Å². The highest BCUT2D eigenvalue weighted by atomic mass is 14.9. The van der Waals surface area contributed by atoms with Crippen LogP contribution in [0.15, 0.2) is 24.3 Å². The molecule has 2 nitrogen and oxygen atoms in total. The normalized spacial score (nSPS) is 12.1. The molecule has 0 aromatic heterocycles. The number of rotatable bonds is 2. The van der Waals surface area contributed by atoms with Gasteiger partial charge in [-0.3, -0.25) is 0 Å². The molecule has 0 saturated heterocycles. The first kappa shape index (κ1) is 8.76. The Hall–Kier alpha value is -1.33. The Morgan fingerprint density at radius 2 is 1.92 bits per heavy atom. The van der Waals surface area contributed by atoms with Crippen molar-refractivity contribution < 1.29 is 0 Å². The van der Waals surface area contributed by atoms with Crippen molar-refractivity contribution in [2.75, 3.05) is 7.05 Å². The van der Waals surface area contributed by atoms with Crippen molar-refractivity contribution in [2.24, 2.45) is 0 Å². The molecule has 1 aromatic rings. The molecule has 0 aliphatic rings. The Kier molecular flexibility index (Phi) is 2.84. The van der Waals surface area contributed by atoms with E-state index >= 15 is 0 Å². The van der Waals surface area contributed by atoms with Crippen molar-refractivity contribution >= 4 is 0 Å². The maximum absolute atomic E-state index is 8.74. The molecule has 12 heavy (non-hydrogen) atoms. The molecule has 0 heterocycles. The standard InChI is InChI=1S/C10H12N2/c1-8-3-5-9(6-4-8)10(7-11)12-2/h3-6,10,12H,1-2H3/t10-/m1/s1. The lowest BCUT2D eigenvalue weighted by atomic mass is 10.1. The summed E-state index contributed by atoms with van der Waals surface area (Å²) in [5.74, 6) is 0. The van der Waals surface area contributed by atoms with E-state index in [1.54, 1.807) is 7.05 Å². The first-order chi connectivity index (χ1) is 5.77. The summed E-state index contributed by atoms with van der Waals surface area (Å²) in [4.78, 5) is 0. The first-order valence-electron chi connectivity index (χ1n) is 3.91. The second-order valence-corrected chi connectivity index (χ2v) is 2.76. The average molecular weight is 160 g/mol. The minimum absolute atomic E-state index is 0.189. The Labute approximate surface area is 72.8 Å². The molecule has 1 rings (SSSR count). The molecule has 0 radical (unpaired) electrons. The predicted molar refractivity (Wildman–Crippen MR) is 48.6 cm³/mol. The van der Waals surface area contributed by atoms with E-state index in [-0.39, 0.29) is 6.04 Å². The van der Waals surface area contributed by atoms with Crippen LogP contribution in [0.1, 0.15) is 17.2 Å². The number of nitrogens with one attached hydrogen (secondary N) is 1. The van der Waals surface area contributed by atoms with Gasteiger partial charge in [0.15, 0.2) is 0 Å². The van der Waals surface area contributed by atoms with Crippen LogP contribution in [0.3, 0.4) is 0 Å². The third kappa shape index (κ3) is 1.84. The van der Waals surface area contributed by atoms with Crippen LogP contribution in [0.2, 0.25) is 0 Å². The van der Waals surface area contributed by atoms with Crippen LogP contribution in [0.4, 0.5) is 0 Å². The highest BCUT2D eigenvalue weighted by molar-refractivity contribution is 5.27. The van der Waals surface area contributed by atoms with E-state index in [2.05, 4.69) is 11.4 Å². The van der Waals surface area contributed by atoms with Gasteiger partial charge in [0.05, 0.1) is 6.07 Å². The van der Waals surface area contributed by atoms with Gasteiger partial charge in [-0.2, -0.15) is 5.26 Å². The second kappa shape index (κ2) is 3.89. The van der Waals surface area contributed by atoms with Crippen LogP contribution >= 0.6 is 0 Å². The van der Waals surface area contributed by atoms with Gasteiger partial charge >= 0.3 is 0 Å². The van der Waals surface area contributed by atoms with Crippen molar-refractivity contribution in [2.45, 2.75) is 13.0 Å². The zero-order valence-electron chi connectivity index (χ0n) is 7.33. The Morgan fingerprint density at radius 3 is 2.33 bits per heavy atom. The third-order valence-corrected chi connectivity index (χ3v) is 1.83. The van der Waals surface area contributed by atoms with E-state index in [0.29, 0.717) is 0 Å². The number of aryl methyl sites for hydroxylation is 1. The van der Waals surface area contributed by atoms with Crippen LogP contribution in [-0.4, -0.2) is 7.05 Å². The first-order valence-corrected chi connectivity index (χ1v) is 3.91. The maximum Gasteiger partial charge on any atom is 0.121 e. The summed E-state index contributed by atoms with van der Waals surface area (Å²) in [5.41, 5.74) is 2.23. The monoisotopic (exact) mass is 160 g/mol. The summed E-state index contributed by atoms with van der Waals surface area (Å²) in [7, 11) is 1.79. The van der Waals surface area contributed by atoms with Gasteiger partial charge in [0, 0.05) is 0 Å². The van der Waals surface area contributed by atoms with Crippen LogP contribution in [-0.2, 0) is 0 Å². The van der Waals surface area contributed by atoms with Gasteiger partial charge in [-0.25, -0.2) is 0 Å². The lowest BCUT2D eigenvalue weighted by Crippen LogP contribution is -2.13. The fraction of sp³-hybridized carbons (Fsp3) is 0.300. The van der Waals surface area contributed by atoms with Gasteiger partial charge in [0.25, 0.3) is 0 Å². The van der Waals surface area contributed by atoms with E-state index in [0.717, 1.165) is 5.56 Å². The van der Waals surface area contributed by atoms with Crippen molar-refractivity contribution in [3.8, 4) is 6.07 Å². The van der Waals surface area contributed by atoms with Crippen molar-refractivity contribution in [3.63, 3.8) is 0 Å². The topological polar surface area (TPSA) is 35.8 Å². The largest absolute Gasteiger partial charge is 0.301 e. The van der Waals surface area contributed by atoms with E-state index < -0.39 is 0 Å². The lowest BCUT2D eigenvalue weighted by molar-refractivity contribution is 0.727. The lowest BCUT2D eigenvalue weighted by Gasteiger charge is -2.07. The number of hydrogen-bond donors (Lipinski definition) is 1. The summed E-state index contributed by atoms with van der Waals surface area (Å²) in [5, 5.41) is 11.7. The molecular weight excluding hydrogens is 148 g/mol. The van der Waals surface area contributed by atoms with Crippen molar-refractivity contribution in [1.29, 1.82) is 5.26 Å². The molecule has 0 amide bonds. The quantitative estimate of drug-likeness (QED) is 0.715. The molecule has 0 aliphatic carbocycles. The molecule has 0 bridgehead atoms. The van der Waals surface area contributed by atoms with Gasteiger partial charge in [-0.1, -0.05) is 29.8 Å². The van der Waals surface area contributed by atoms with Gasteiger partial charge in [0.1, 0.15) is 6.04 Å². The fourth-order valence-electron chi connectivity index (χ4n) is 1.06. The van der Waals surface area contributed by atoms with Crippen molar-refractivity contribution in [3.05, 3.63) is 35.4 Å². The van der Waals surface area contributed by atoms with Crippen LogP contribution in [0, 0.1) is 18.3 Å². The molecule has 0 aliphatic heterocycles. The molecule has 0 unspecified atom stereocenters. The number of benzene rings is 1. The summed E-state index contributed by atoms with van der Waals surface area (Å²) >= 11 is 0. The highest BCUT2D eigenvalue weighted by Gasteiger charge is 2.05. The van der Waals surface area contributed by atoms with E-state index in [1.165, 1.54) is 5.56 Å². The zero-order chi connectivity index (χ0) is 8.97. The molecule has 1 aromatic carbocycles. The predicted octanol–water partition coefficient (Wildman–Crippen LogP) is 1.78. The third-order valence-electron chi connectivity index (χ3n) is 1.83. The van der Waals surface area contributed by atoms with Gasteiger partial charge < -0.3 is 5.32 Å². The maximum atomic E-state index is 8.74. The van der Waals surface area contributed by atoms with Gasteiger partial charge in [-0.05, 0) is 19.5 Å². The minimum Gasteiger partial charge on any atom is -0.301 e. The van der Waals surface area contributed by atoms with Crippen LogP contribution in [0.5, 0.6) is 0 Å². The van der Waals surface area contributed by atoms with Gasteiger partial charge in [-0.15, -0.1) is 0 Å². The zero-order valence-corrected chi connectivity index (χ0v) is 7.33. The average Bonchev–Trinajstić information content (AvgIpc) is 2.10. The molecule has 0 fully saturated rings. The summed E-state index contributed by atoms with van der Waals surface area (Å²) in [6, 6.07) is 9.95. The van der Waals surface area contributed by atoms with Crippen LogP contribution < -0.4 is 5.32 Å². The van der Waals surface area contributed by atoms with Crippen LogP contribution in [0.25, 0.3) is 0 Å². The fourth-order valence-corrected chi connectivity index (χ4v) is 1.06. The van der Waals surface area contributed by atoms with E-state index in [1.807, 2.05) is 31.2 Å². The summed E-state index contributed by atoms with van der Waals surface area (Å²) in [6.45, 7) is 2.03. The Bertz CT molecular complexity index is 282. The Morgan fingerprint density at radius 1 is 1.33 bits per heavy atom. The highest BCUT2D eigenvalue weighted by Crippen LogP contribution is 2.11. The molecule has 1 N–H and O–H groups in total. The molecule has 1 atom stereocenters. The second-order valence-electron chi connectivity index (χ2n) is 2.76. The SMILES string of the molecule is CN[C@H](C#N)c1ccc(C)cc1. The Balaban J connectivity index is 2.89. The minimum atomic E-state index is -0.189. The molecule has 0 saturated carbocycles. The summed E-state index contributed by atoms with van der Waals surface area (Å²) in [6.07, 6.45) is 0. The number of hydrogen-bond acceptors (Lipinski definition) is 2. The molecule has 2 heteroatoms. The molecule has 62 valence electrons. The smallest absolute Gasteiger partial charge is 0.121 e. The molecule has 0 spiro atoms. The molecular formula is C10H12N2.